The lowest BCUT2D eigenvalue weighted by molar-refractivity contribution is -0.128. The lowest BCUT2D eigenvalue weighted by atomic mass is 10.1. The first-order valence-corrected chi connectivity index (χ1v) is 9.21. The molecule has 2 aromatic heterocycles. The van der Waals surface area contributed by atoms with Crippen molar-refractivity contribution in [1.82, 2.24) is 19.2 Å². The number of fused-ring (bicyclic) bond motifs is 3. The molecule has 0 N–H and O–H groups in total. The highest BCUT2D eigenvalue weighted by Crippen LogP contribution is 2.30. The van der Waals surface area contributed by atoms with E-state index in [1.807, 2.05) is 54.1 Å². The number of carbonyl (C=O) groups excluding carboxylic acids is 1. The number of halogens is 1. The molecule has 0 aliphatic heterocycles. The van der Waals surface area contributed by atoms with E-state index in [0.717, 1.165) is 10.9 Å². The van der Waals surface area contributed by atoms with Crippen molar-refractivity contribution >= 4 is 39.3 Å². The summed E-state index contributed by atoms with van der Waals surface area (Å²) in [5.74, 6) is -0.0852. The SMILES string of the molecule is CN([11CH3])C(=O)Cc1nn(-c2ccccc2)c(=O)c2c1c1ccc(Cl)cc1n2C. The zero-order valence-corrected chi connectivity index (χ0v) is 16.6. The van der Waals surface area contributed by atoms with Crippen LogP contribution in [-0.4, -0.2) is 39.3 Å². The minimum Gasteiger partial charge on any atom is -0.348 e. The van der Waals surface area contributed by atoms with Crippen LogP contribution in [0.3, 0.4) is 0 Å². The van der Waals surface area contributed by atoms with Gasteiger partial charge in [-0.3, -0.25) is 9.59 Å². The Morgan fingerprint density at radius 3 is 2.54 bits per heavy atom. The molecule has 2 aromatic carbocycles. The topological polar surface area (TPSA) is 60.1 Å². The Hall–Kier alpha value is -3.12. The fourth-order valence-corrected chi connectivity index (χ4v) is 3.60. The Morgan fingerprint density at radius 1 is 1.14 bits per heavy atom. The summed E-state index contributed by atoms with van der Waals surface area (Å²) in [5.41, 5.74) is 2.29. The van der Waals surface area contributed by atoms with E-state index in [9.17, 15) is 9.59 Å². The van der Waals surface area contributed by atoms with Gasteiger partial charge in [-0.25, -0.2) is 0 Å². The number of carbonyl (C=O) groups is 1. The maximum absolute atomic E-state index is 13.3. The monoisotopic (exact) mass is 393 g/mol. The molecule has 7 heteroatoms. The van der Waals surface area contributed by atoms with E-state index in [4.69, 9.17) is 11.6 Å². The van der Waals surface area contributed by atoms with Gasteiger partial charge in [0.2, 0.25) is 5.91 Å². The van der Waals surface area contributed by atoms with Crippen LogP contribution >= 0.6 is 11.6 Å². The second-order valence-corrected chi connectivity index (χ2v) is 7.34. The van der Waals surface area contributed by atoms with Crippen molar-refractivity contribution in [2.24, 2.45) is 7.05 Å². The van der Waals surface area contributed by atoms with E-state index in [0.29, 0.717) is 27.3 Å². The molecule has 0 spiro atoms. The number of aryl methyl sites for hydroxylation is 1. The fraction of sp³-hybridized carbons (Fsp3) is 0.190. The molecule has 0 atom stereocenters. The Kier molecular flexibility index (Phi) is 4.43. The molecule has 4 rings (SSSR count). The third-order valence-corrected chi connectivity index (χ3v) is 5.12. The van der Waals surface area contributed by atoms with E-state index >= 15 is 0 Å². The van der Waals surface area contributed by atoms with Gasteiger partial charge in [-0.15, -0.1) is 0 Å². The van der Waals surface area contributed by atoms with E-state index in [1.165, 1.54) is 9.58 Å². The van der Waals surface area contributed by atoms with E-state index in [2.05, 4.69) is 5.10 Å². The number of nitrogens with zero attached hydrogens (tertiary/aromatic N) is 4. The minimum atomic E-state index is -0.239. The van der Waals surface area contributed by atoms with Crippen LogP contribution in [0.5, 0.6) is 0 Å². The van der Waals surface area contributed by atoms with Crippen molar-refractivity contribution in [1.29, 1.82) is 0 Å². The first kappa shape index (κ1) is 18.3. The average molecular weight is 394 g/mol. The number of para-hydroxylation sites is 1. The summed E-state index contributed by atoms with van der Waals surface area (Å²) >= 11 is 6.18. The third-order valence-electron chi connectivity index (χ3n) is 4.89. The summed E-state index contributed by atoms with van der Waals surface area (Å²) in [7, 11) is 5.24. The first-order valence-electron chi connectivity index (χ1n) is 8.84. The zero-order chi connectivity index (χ0) is 20.0. The Labute approximate surface area is 166 Å². The highest BCUT2D eigenvalue weighted by molar-refractivity contribution is 6.31. The van der Waals surface area contributed by atoms with Crippen LogP contribution in [0.15, 0.2) is 53.3 Å². The lowest BCUT2D eigenvalue weighted by Crippen LogP contribution is -2.28. The molecule has 0 radical (unpaired) electrons. The summed E-state index contributed by atoms with van der Waals surface area (Å²) in [5, 5.41) is 6.72. The standard InChI is InChI=1S/C21H19ClN4O2/c1-24(2)18(27)12-16-19-15-10-9-13(22)11-17(15)25(3)20(19)21(28)26(23-16)14-7-5-4-6-8-14/h4-11H,12H2,1-3H3/i1-1. The summed E-state index contributed by atoms with van der Waals surface area (Å²) in [4.78, 5) is 27.3. The van der Waals surface area contributed by atoms with Crippen molar-refractivity contribution in [3.05, 3.63) is 69.6 Å². The fourth-order valence-electron chi connectivity index (χ4n) is 3.44. The number of amides is 1. The summed E-state index contributed by atoms with van der Waals surface area (Å²) in [6.45, 7) is 0. The molecule has 0 fully saturated rings. The van der Waals surface area contributed by atoms with Crippen molar-refractivity contribution < 1.29 is 4.79 Å². The van der Waals surface area contributed by atoms with E-state index < -0.39 is 0 Å². The van der Waals surface area contributed by atoms with Gasteiger partial charge in [-0.2, -0.15) is 9.78 Å². The second-order valence-electron chi connectivity index (χ2n) is 6.91. The van der Waals surface area contributed by atoms with Gasteiger partial charge in [-0.05, 0) is 24.3 Å². The summed E-state index contributed by atoms with van der Waals surface area (Å²) < 4.78 is 3.19. The highest BCUT2D eigenvalue weighted by Gasteiger charge is 2.21. The quantitative estimate of drug-likeness (QED) is 0.537. The van der Waals surface area contributed by atoms with Gasteiger partial charge in [0.1, 0.15) is 5.52 Å². The lowest BCUT2D eigenvalue weighted by Gasteiger charge is -2.13. The number of hydrogen-bond donors (Lipinski definition) is 0. The van der Waals surface area contributed by atoms with Gasteiger partial charge in [0.25, 0.3) is 5.56 Å². The largest absolute Gasteiger partial charge is 0.348 e. The molecule has 4 aromatic rings. The Bertz CT molecular complexity index is 1270. The normalized spacial score (nSPS) is 11.3. The van der Waals surface area contributed by atoms with Gasteiger partial charge in [0.15, 0.2) is 0 Å². The van der Waals surface area contributed by atoms with Crippen LogP contribution < -0.4 is 5.56 Å². The first-order chi connectivity index (χ1) is 13.4. The van der Waals surface area contributed by atoms with Crippen LogP contribution in [-0.2, 0) is 18.3 Å². The molecule has 1 amide bonds. The van der Waals surface area contributed by atoms with Gasteiger partial charge in [0, 0.05) is 36.9 Å². The Morgan fingerprint density at radius 2 is 1.86 bits per heavy atom. The predicted octanol–water partition coefficient (Wildman–Crippen LogP) is 3.16. The van der Waals surface area contributed by atoms with Crippen LogP contribution in [0.2, 0.25) is 5.02 Å². The molecular formula is C21H19ClN4O2. The number of rotatable bonds is 3. The van der Waals surface area contributed by atoms with Crippen LogP contribution in [0.4, 0.5) is 0 Å². The van der Waals surface area contributed by atoms with Crippen LogP contribution in [0.1, 0.15) is 5.69 Å². The average Bonchev–Trinajstić information content (AvgIpc) is 2.97. The smallest absolute Gasteiger partial charge is 0.296 e. The molecule has 6 nitrogen and oxygen atoms in total. The summed E-state index contributed by atoms with van der Waals surface area (Å²) in [6, 6.07) is 14.7. The van der Waals surface area contributed by atoms with Crippen molar-refractivity contribution in [2.45, 2.75) is 6.42 Å². The van der Waals surface area contributed by atoms with Gasteiger partial charge >= 0.3 is 0 Å². The van der Waals surface area contributed by atoms with E-state index in [-0.39, 0.29) is 17.9 Å². The molecule has 0 unspecified atom stereocenters. The van der Waals surface area contributed by atoms with Crippen LogP contribution in [0.25, 0.3) is 27.5 Å². The molecule has 0 aliphatic carbocycles. The maximum atomic E-state index is 13.3. The molecule has 0 saturated heterocycles. The second kappa shape index (κ2) is 6.80. The van der Waals surface area contributed by atoms with Crippen molar-refractivity contribution in [3.8, 4) is 5.69 Å². The zero-order valence-electron chi connectivity index (χ0n) is 15.8. The summed E-state index contributed by atoms with van der Waals surface area (Å²) in [6.07, 6.45) is 0.0956. The van der Waals surface area contributed by atoms with Crippen molar-refractivity contribution in [2.75, 3.05) is 14.1 Å². The number of hydrogen-bond acceptors (Lipinski definition) is 3. The van der Waals surface area contributed by atoms with E-state index in [1.54, 1.807) is 20.2 Å². The maximum Gasteiger partial charge on any atom is 0.296 e. The van der Waals surface area contributed by atoms with Gasteiger partial charge < -0.3 is 9.47 Å². The molecule has 2 heterocycles. The molecule has 28 heavy (non-hydrogen) atoms. The number of likely N-dealkylation sites (N-methyl/N-ethyl adjacent to an activating group) is 1. The third kappa shape index (κ3) is 2.86. The molecule has 0 aliphatic rings. The molecule has 0 saturated carbocycles. The van der Waals surface area contributed by atoms with Gasteiger partial charge in [0.05, 0.1) is 23.3 Å². The van der Waals surface area contributed by atoms with Gasteiger partial charge in [-0.1, -0.05) is 35.9 Å². The van der Waals surface area contributed by atoms with Crippen molar-refractivity contribution in [3.63, 3.8) is 0 Å². The highest BCUT2D eigenvalue weighted by atomic mass is 35.5. The molecule has 142 valence electrons. The Balaban J connectivity index is 2.13. The predicted molar refractivity (Wildman–Crippen MR) is 111 cm³/mol. The number of benzene rings is 2. The van der Waals surface area contributed by atoms with Crippen LogP contribution in [0, 0.1) is 0 Å². The minimum absolute atomic E-state index is 0.0852. The number of aromatic nitrogens is 3. The molecular weight excluding hydrogens is 375 g/mol. The molecule has 0 bridgehead atoms.